The third-order valence-electron chi connectivity index (χ3n) is 7.45. The van der Waals surface area contributed by atoms with E-state index in [-0.39, 0.29) is 0 Å². The molecule has 0 bridgehead atoms. The summed E-state index contributed by atoms with van der Waals surface area (Å²) in [7, 11) is 0. The maximum Gasteiger partial charge on any atom is 0.127 e. The lowest BCUT2D eigenvalue weighted by Crippen LogP contribution is -2.28. The molecular formula is C35H26N4O2. The molecule has 0 saturated heterocycles. The van der Waals surface area contributed by atoms with Crippen molar-refractivity contribution in [1.29, 1.82) is 0 Å². The summed E-state index contributed by atoms with van der Waals surface area (Å²) in [6.45, 7) is 0. The molecule has 0 unspecified atom stereocenters. The molecule has 0 atom stereocenters. The lowest BCUT2D eigenvalue weighted by Gasteiger charge is -2.33. The van der Waals surface area contributed by atoms with Crippen molar-refractivity contribution in [3.05, 3.63) is 156 Å². The van der Waals surface area contributed by atoms with Crippen molar-refractivity contribution < 1.29 is 9.47 Å². The molecule has 198 valence electrons. The largest absolute Gasteiger partial charge is 0.457 e. The Bertz CT molecular complexity index is 1690. The summed E-state index contributed by atoms with van der Waals surface area (Å²) in [5.41, 5.74) is 18.5. The molecule has 0 amide bonds. The Morgan fingerprint density at radius 1 is 0.439 bits per heavy atom. The van der Waals surface area contributed by atoms with Crippen LogP contribution in [0.5, 0.6) is 23.0 Å². The zero-order chi connectivity index (χ0) is 27.8. The first-order chi connectivity index (χ1) is 20.1. The summed E-state index contributed by atoms with van der Waals surface area (Å²) in [6.07, 6.45) is 3.64. The fourth-order valence-electron chi connectivity index (χ4n) is 5.62. The average molecular weight is 535 g/mol. The van der Waals surface area contributed by atoms with Gasteiger partial charge in [-0.2, -0.15) is 0 Å². The number of benzene rings is 4. The van der Waals surface area contributed by atoms with Crippen molar-refractivity contribution >= 4 is 11.4 Å². The van der Waals surface area contributed by atoms with E-state index in [1.54, 1.807) is 0 Å². The Balaban J connectivity index is 1.34. The Morgan fingerprint density at radius 2 is 0.780 bits per heavy atom. The van der Waals surface area contributed by atoms with Crippen molar-refractivity contribution in [1.82, 2.24) is 9.97 Å². The van der Waals surface area contributed by atoms with Gasteiger partial charge < -0.3 is 20.9 Å². The van der Waals surface area contributed by atoms with Crippen LogP contribution >= 0.6 is 0 Å². The van der Waals surface area contributed by atoms with Crippen molar-refractivity contribution in [2.45, 2.75) is 5.41 Å². The highest BCUT2D eigenvalue weighted by molar-refractivity contribution is 5.81. The highest BCUT2D eigenvalue weighted by Gasteiger charge is 2.47. The van der Waals surface area contributed by atoms with Gasteiger partial charge in [-0.25, -0.2) is 0 Å². The first-order valence-electron chi connectivity index (χ1n) is 13.3. The van der Waals surface area contributed by atoms with Crippen molar-refractivity contribution in [3.8, 4) is 34.4 Å². The molecule has 6 heteroatoms. The van der Waals surface area contributed by atoms with E-state index in [1.165, 1.54) is 0 Å². The molecule has 2 aromatic heterocycles. The number of anilines is 2. The van der Waals surface area contributed by atoms with E-state index in [9.17, 15) is 0 Å². The van der Waals surface area contributed by atoms with Gasteiger partial charge in [-0.1, -0.05) is 36.4 Å². The van der Waals surface area contributed by atoms with Gasteiger partial charge in [-0.3, -0.25) is 9.97 Å². The predicted octanol–water partition coefficient (Wildman–Crippen LogP) is 7.59. The van der Waals surface area contributed by atoms with Gasteiger partial charge in [0.1, 0.15) is 23.0 Å². The van der Waals surface area contributed by atoms with Crippen LogP contribution < -0.4 is 20.9 Å². The molecule has 0 aliphatic heterocycles. The van der Waals surface area contributed by atoms with Gasteiger partial charge in [0.2, 0.25) is 0 Å². The monoisotopic (exact) mass is 534 g/mol. The topological polar surface area (TPSA) is 96.3 Å². The summed E-state index contributed by atoms with van der Waals surface area (Å²) in [5, 5.41) is 0. The van der Waals surface area contributed by atoms with Crippen molar-refractivity contribution in [2.24, 2.45) is 0 Å². The van der Waals surface area contributed by atoms with Gasteiger partial charge in [-0.05, 0) is 107 Å². The third-order valence-corrected chi connectivity index (χ3v) is 7.45. The molecule has 6 aromatic rings. The number of rotatable bonds is 6. The number of fused-ring (bicyclic) bond motifs is 3. The molecule has 0 fully saturated rings. The highest BCUT2D eigenvalue weighted by Crippen LogP contribution is 2.55. The van der Waals surface area contributed by atoms with Crippen molar-refractivity contribution in [2.75, 3.05) is 11.5 Å². The summed E-state index contributed by atoms with van der Waals surface area (Å²) in [4.78, 5) is 9.55. The van der Waals surface area contributed by atoms with Crippen LogP contribution in [0.15, 0.2) is 134 Å². The van der Waals surface area contributed by atoms with Crippen LogP contribution in [0, 0.1) is 0 Å². The predicted molar refractivity (Wildman–Crippen MR) is 161 cm³/mol. The molecule has 0 saturated carbocycles. The molecule has 1 aliphatic rings. The van der Waals surface area contributed by atoms with E-state index in [2.05, 4.69) is 36.4 Å². The summed E-state index contributed by atoms with van der Waals surface area (Å²) in [6, 6.07) is 39.4. The van der Waals surface area contributed by atoms with E-state index in [0.717, 1.165) is 56.6 Å². The van der Waals surface area contributed by atoms with Crippen LogP contribution in [0.2, 0.25) is 0 Å². The number of nitrogens with zero attached hydrogens (tertiary/aromatic N) is 2. The average Bonchev–Trinajstić information content (AvgIpc) is 3.32. The Hall–Kier alpha value is -5.62. The quantitative estimate of drug-likeness (QED) is 0.213. The molecule has 4 aromatic carbocycles. The van der Waals surface area contributed by atoms with E-state index in [1.807, 2.05) is 97.3 Å². The number of hydrogen-bond donors (Lipinski definition) is 2. The minimum Gasteiger partial charge on any atom is -0.457 e. The van der Waals surface area contributed by atoms with E-state index >= 15 is 0 Å². The second kappa shape index (κ2) is 9.84. The first-order valence-corrected chi connectivity index (χ1v) is 13.3. The second-order valence-corrected chi connectivity index (χ2v) is 9.94. The smallest absolute Gasteiger partial charge is 0.127 e. The molecule has 0 radical (unpaired) electrons. The molecule has 0 spiro atoms. The lowest BCUT2D eigenvalue weighted by molar-refractivity contribution is 0.482. The van der Waals surface area contributed by atoms with Crippen molar-refractivity contribution in [3.63, 3.8) is 0 Å². The van der Waals surface area contributed by atoms with Gasteiger partial charge in [0.05, 0.1) is 16.8 Å². The molecule has 4 N–H and O–H groups in total. The number of pyridine rings is 2. The number of nitrogens with two attached hydrogens (primary N) is 2. The lowest BCUT2D eigenvalue weighted by atomic mass is 9.68. The maximum atomic E-state index is 6.10. The summed E-state index contributed by atoms with van der Waals surface area (Å²) in [5.74, 6) is 2.92. The minimum absolute atomic E-state index is 0.632. The fourth-order valence-corrected chi connectivity index (χ4v) is 5.62. The molecule has 7 rings (SSSR count). The molecular weight excluding hydrogens is 508 g/mol. The zero-order valence-electron chi connectivity index (χ0n) is 22.1. The summed E-state index contributed by atoms with van der Waals surface area (Å²) >= 11 is 0. The van der Waals surface area contributed by atoms with Gasteiger partial charge in [-0.15, -0.1) is 0 Å². The minimum atomic E-state index is -0.632. The number of nitrogen functional groups attached to an aromatic ring is 2. The SMILES string of the molecule is Nc1ccc(Oc2ccc(C3(c4ccc(Oc5ccc(N)cc5)cc4)c4cccnc4-c4ncccc43)cc2)cc1. The van der Waals surface area contributed by atoms with Crippen LogP contribution in [0.4, 0.5) is 11.4 Å². The first kappa shape index (κ1) is 24.4. The Kier molecular flexibility index (Phi) is 5.86. The van der Waals surface area contributed by atoms with Crippen LogP contribution in [0.3, 0.4) is 0 Å². The van der Waals surface area contributed by atoms with E-state index in [0.29, 0.717) is 11.4 Å². The second-order valence-electron chi connectivity index (χ2n) is 9.94. The standard InChI is InChI=1S/C35H26N4O2/c36-25-9-17-29(18-10-25)40-27-13-5-23(6-14-27)35(31-3-1-21-38-33(31)34-32(35)4-2-22-39-34)24-7-15-28(16-8-24)41-30-19-11-26(37)12-20-30/h1-22H,36-37H2. The van der Waals surface area contributed by atoms with Crippen LogP contribution in [-0.2, 0) is 5.41 Å². The number of ether oxygens (including phenoxy) is 2. The van der Waals surface area contributed by atoms with E-state index < -0.39 is 5.41 Å². The normalized spacial score (nSPS) is 12.8. The van der Waals surface area contributed by atoms with Gasteiger partial charge in [0, 0.05) is 23.8 Å². The summed E-state index contributed by atoms with van der Waals surface area (Å²) < 4.78 is 12.2. The molecule has 2 heterocycles. The maximum absolute atomic E-state index is 6.10. The van der Waals surface area contributed by atoms with Crippen LogP contribution in [0.25, 0.3) is 11.4 Å². The van der Waals surface area contributed by atoms with Gasteiger partial charge in [0.25, 0.3) is 0 Å². The molecule has 1 aliphatic carbocycles. The van der Waals surface area contributed by atoms with Crippen LogP contribution in [-0.4, -0.2) is 9.97 Å². The number of hydrogen-bond acceptors (Lipinski definition) is 6. The molecule has 6 nitrogen and oxygen atoms in total. The Morgan fingerprint density at radius 3 is 1.15 bits per heavy atom. The molecule has 41 heavy (non-hydrogen) atoms. The van der Waals surface area contributed by atoms with Crippen LogP contribution in [0.1, 0.15) is 22.3 Å². The van der Waals surface area contributed by atoms with Gasteiger partial charge >= 0.3 is 0 Å². The number of aromatic nitrogens is 2. The highest BCUT2D eigenvalue weighted by atomic mass is 16.5. The van der Waals surface area contributed by atoms with E-state index in [4.69, 9.17) is 30.9 Å². The zero-order valence-corrected chi connectivity index (χ0v) is 22.1. The Labute approximate surface area is 237 Å². The third kappa shape index (κ3) is 4.22. The fraction of sp³-hybridized carbons (Fsp3) is 0.0286. The van der Waals surface area contributed by atoms with Gasteiger partial charge in [0.15, 0.2) is 0 Å².